The number of phenolic OH excluding ortho intramolecular Hbond substituents is 3. The van der Waals surface area contributed by atoms with Gasteiger partial charge in [-0.25, -0.2) is 0 Å². The van der Waals surface area contributed by atoms with Gasteiger partial charge in [-0.2, -0.15) is 0 Å². The first-order valence-corrected chi connectivity index (χ1v) is 15.8. The molecule has 0 saturated heterocycles. The number of hydrogen-bond acceptors (Lipinski definition) is 3. The maximum Gasteiger partial charge on any atom is 0.122 e. The molecule has 0 spiro atoms. The van der Waals surface area contributed by atoms with Gasteiger partial charge in [-0.05, 0) is 78.2 Å². The van der Waals surface area contributed by atoms with E-state index in [9.17, 15) is 15.3 Å². The Labute approximate surface area is 262 Å². The zero-order chi connectivity index (χ0) is 33.1. The van der Waals surface area contributed by atoms with Gasteiger partial charge in [0, 0.05) is 24.0 Å². The molecule has 3 aromatic rings. The van der Waals surface area contributed by atoms with E-state index in [1.165, 1.54) is 0 Å². The monoisotopic (exact) mass is 586 g/mol. The van der Waals surface area contributed by atoms with Gasteiger partial charge in [-0.15, -0.1) is 0 Å². The normalized spacial score (nSPS) is 13.5. The second kappa shape index (κ2) is 11.2. The summed E-state index contributed by atoms with van der Waals surface area (Å²) in [4.78, 5) is 0. The van der Waals surface area contributed by atoms with E-state index in [1.54, 1.807) is 0 Å². The van der Waals surface area contributed by atoms with Gasteiger partial charge in [0.2, 0.25) is 0 Å². The highest BCUT2D eigenvalue weighted by atomic mass is 16.3. The van der Waals surface area contributed by atoms with E-state index in [2.05, 4.69) is 128 Å². The van der Waals surface area contributed by atoms with Crippen molar-refractivity contribution in [1.82, 2.24) is 0 Å². The Morgan fingerprint density at radius 2 is 0.674 bits per heavy atom. The highest BCUT2D eigenvalue weighted by Crippen LogP contribution is 2.43. The van der Waals surface area contributed by atoms with Crippen LogP contribution in [0.5, 0.6) is 17.2 Å². The zero-order valence-electron chi connectivity index (χ0n) is 29.7. The summed E-state index contributed by atoms with van der Waals surface area (Å²) < 4.78 is 0. The standard InChI is InChI=1S/C40H58O3/c1-36(2,3)26-16-24(18-29-31(39(10,11)12)20-27(22-33(29)41)37(4,5)6)35(43)25(17-26)19-30-32(40(13,14)15)21-28(23-34(30)42)38(7,8)9/h16-17,20-23,41-43H,18-19H2,1-15H3. The van der Waals surface area contributed by atoms with E-state index in [0.29, 0.717) is 12.8 Å². The molecular formula is C40H58O3. The number of phenols is 3. The average molecular weight is 587 g/mol. The molecule has 0 atom stereocenters. The van der Waals surface area contributed by atoms with Gasteiger partial charge in [0.15, 0.2) is 0 Å². The quantitative estimate of drug-likeness (QED) is 0.285. The molecule has 0 amide bonds. The highest BCUT2D eigenvalue weighted by molar-refractivity contribution is 5.57. The van der Waals surface area contributed by atoms with Crippen molar-refractivity contribution in [2.24, 2.45) is 0 Å². The molecule has 0 aliphatic rings. The SMILES string of the molecule is CC(C)(C)c1cc(Cc2c(O)cc(C(C)(C)C)cc2C(C)(C)C)c(O)c(Cc2c(O)cc(C(C)(C)C)cc2C(C)(C)C)c1. The molecule has 0 unspecified atom stereocenters. The predicted octanol–water partition coefficient (Wildman–Crippen LogP) is 10.5. The van der Waals surface area contributed by atoms with Crippen LogP contribution in [0.2, 0.25) is 0 Å². The van der Waals surface area contributed by atoms with Gasteiger partial charge in [0.25, 0.3) is 0 Å². The van der Waals surface area contributed by atoms with Crippen molar-refractivity contribution >= 4 is 0 Å². The molecule has 0 aliphatic heterocycles. The first-order valence-electron chi connectivity index (χ1n) is 15.8. The minimum Gasteiger partial charge on any atom is -0.508 e. The van der Waals surface area contributed by atoms with Crippen molar-refractivity contribution in [1.29, 1.82) is 0 Å². The third-order valence-corrected chi connectivity index (χ3v) is 8.67. The summed E-state index contributed by atoms with van der Waals surface area (Å²) in [6.45, 7) is 32.5. The Bertz CT molecular complexity index is 1380. The molecule has 3 N–H and O–H groups in total. The van der Waals surface area contributed by atoms with E-state index >= 15 is 0 Å². The van der Waals surface area contributed by atoms with Crippen molar-refractivity contribution in [2.45, 2.75) is 144 Å². The summed E-state index contributed by atoms with van der Waals surface area (Å²) in [6, 6.07) is 12.4. The first-order chi connectivity index (χ1) is 19.2. The smallest absolute Gasteiger partial charge is 0.122 e. The molecule has 0 bridgehead atoms. The van der Waals surface area contributed by atoms with E-state index in [0.717, 1.165) is 50.1 Å². The van der Waals surface area contributed by atoms with Crippen LogP contribution < -0.4 is 0 Å². The Kier molecular flexibility index (Phi) is 9.00. The maximum absolute atomic E-state index is 11.9. The molecule has 0 saturated carbocycles. The molecule has 3 nitrogen and oxygen atoms in total. The largest absolute Gasteiger partial charge is 0.508 e. The van der Waals surface area contributed by atoms with Gasteiger partial charge in [-0.3, -0.25) is 0 Å². The summed E-state index contributed by atoms with van der Waals surface area (Å²) >= 11 is 0. The second-order valence-electron chi connectivity index (χ2n) is 17.8. The molecule has 43 heavy (non-hydrogen) atoms. The molecular weight excluding hydrogens is 528 g/mol. The van der Waals surface area contributed by atoms with Crippen LogP contribution in [0.25, 0.3) is 0 Å². The van der Waals surface area contributed by atoms with Crippen molar-refractivity contribution in [3.8, 4) is 17.2 Å². The minimum atomic E-state index is -0.198. The van der Waals surface area contributed by atoms with E-state index < -0.39 is 0 Å². The molecule has 236 valence electrons. The van der Waals surface area contributed by atoms with Crippen LogP contribution in [-0.2, 0) is 39.9 Å². The topological polar surface area (TPSA) is 60.7 Å². The van der Waals surface area contributed by atoms with Crippen LogP contribution in [-0.4, -0.2) is 15.3 Å². The van der Waals surface area contributed by atoms with Crippen molar-refractivity contribution in [2.75, 3.05) is 0 Å². The van der Waals surface area contributed by atoms with E-state index in [1.807, 2.05) is 12.1 Å². The Morgan fingerprint density at radius 1 is 0.395 bits per heavy atom. The lowest BCUT2D eigenvalue weighted by Crippen LogP contribution is -2.19. The fraction of sp³-hybridized carbons (Fsp3) is 0.550. The summed E-state index contributed by atoms with van der Waals surface area (Å²) in [6.07, 6.45) is 0.819. The number of rotatable bonds is 4. The minimum absolute atomic E-state index is 0.104. The molecule has 0 radical (unpaired) electrons. The number of hydrogen-bond donors (Lipinski definition) is 3. The van der Waals surface area contributed by atoms with Crippen molar-refractivity contribution < 1.29 is 15.3 Å². The van der Waals surface area contributed by atoms with Crippen LogP contribution in [0.4, 0.5) is 0 Å². The summed E-state index contributed by atoms with van der Waals surface area (Å²) in [5, 5.41) is 34.7. The van der Waals surface area contributed by atoms with E-state index in [4.69, 9.17) is 0 Å². The second-order valence-corrected chi connectivity index (χ2v) is 17.8. The third kappa shape index (κ3) is 7.78. The summed E-state index contributed by atoms with van der Waals surface area (Å²) in [5.74, 6) is 0.765. The zero-order valence-corrected chi connectivity index (χ0v) is 29.7. The Morgan fingerprint density at radius 3 is 0.930 bits per heavy atom. The van der Waals surface area contributed by atoms with Crippen LogP contribution >= 0.6 is 0 Å². The van der Waals surface area contributed by atoms with Gasteiger partial charge in [-0.1, -0.05) is 128 Å². The molecule has 0 aromatic heterocycles. The molecule has 3 rings (SSSR count). The summed E-state index contributed by atoms with van der Waals surface area (Å²) in [5.41, 5.74) is 7.98. The van der Waals surface area contributed by atoms with Crippen molar-refractivity contribution in [3.05, 3.63) is 86.5 Å². The number of benzene rings is 3. The lowest BCUT2D eigenvalue weighted by molar-refractivity contribution is 0.449. The van der Waals surface area contributed by atoms with Gasteiger partial charge in [0.05, 0.1) is 0 Å². The molecule has 0 heterocycles. The highest BCUT2D eigenvalue weighted by Gasteiger charge is 2.29. The van der Waals surface area contributed by atoms with Gasteiger partial charge < -0.3 is 15.3 Å². The lowest BCUT2D eigenvalue weighted by atomic mass is 9.75. The lowest BCUT2D eigenvalue weighted by Gasteiger charge is -2.30. The van der Waals surface area contributed by atoms with Gasteiger partial charge in [0.1, 0.15) is 17.2 Å². The van der Waals surface area contributed by atoms with Crippen LogP contribution in [0.15, 0.2) is 36.4 Å². The van der Waals surface area contributed by atoms with Crippen molar-refractivity contribution in [3.63, 3.8) is 0 Å². The third-order valence-electron chi connectivity index (χ3n) is 8.67. The van der Waals surface area contributed by atoms with Crippen LogP contribution in [0, 0.1) is 0 Å². The fourth-order valence-electron chi connectivity index (χ4n) is 5.73. The first kappa shape index (κ1) is 34.5. The maximum atomic E-state index is 11.9. The Balaban J connectivity index is 2.28. The fourth-order valence-corrected chi connectivity index (χ4v) is 5.73. The van der Waals surface area contributed by atoms with E-state index in [-0.39, 0.29) is 44.3 Å². The molecule has 0 fully saturated rings. The predicted molar refractivity (Wildman–Crippen MR) is 183 cm³/mol. The average Bonchev–Trinajstić information content (AvgIpc) is 2.79. The molecule has 0 aliphatic carbocycles. The van der Waals surface area contributed by atoms with Crippen LogP contribution in [0.1, 0.15) is 154 Å². The number of aromatic hydroxyl groups is 3. The van der Waals surface area contributed by atoms with Crippen LogP contribution in [0.3, 0.4) is 0 Å². The van der Waals surface area contributed by atoms with Gasteiger partial charge >= 0.3 is 0 Å². The Hall–Kier alpha value is -2.94. The summed E-state index contributed by atoms with van der Waals surface area (Å²) in [7, 11) is 0. The molecule has 3 aromatic carbocycles. The molecule has 3 heteroatoms.